The fraction of sp³-hybridized carbons (Fsp3) is 0.462. The second-order valence-electron chi connectivity index (χ2n) is 5.31. The topological polar surface area (TPSA) is 47.6 Å². The fourth-order valence-corrected chi connectivity index (χ4v) is 1.66. The van der Waals surface area contributed by atoms with Crippen molar-refractivity contribution in [1.29, 1.82) is 0 Å². The van der Waals surface area contributed by atoms with Crippen molar-refractivity contribution in [3.05, 3.63) is 29.8 Å². The maximum Gasteiger partial charge on any atom is 0.264 e. The smallest absolute Gasteiger partial charge is 0.264 e. The third-order valence-corrected chi connectivity index (χ3v) is 2.58. The van der Waals surface area contributed by atoms with Crippen LogP contribution >= 0.6 is 0 Å². The molecule has 1 aliphatic rings. The number of carbonyl (C=O) groups is 1. The predicted octanol–water partition coefficient (Wildman–Crippen LogP) is 2.60. The van der Waals surface area contributed by atoms with Crippen molar-refractivity contribution < 1.29 is 14.6 Å². The van der Waals surface area contributed by atoms with Gasteiger partial charge >= 0.3 is 0 Å². The second kappa shape index (κ2) is 3.82. The van der Waals surface area contributed by atoms with Gasteiger partial charge in [0.1, 0.15) is 0 Å². The third kappa shape index (κ3) is 2.18. The number of carbonyl (C=O) groups excluding carboxylic acids is 1. The maximum absolute atomic E-state index is 12.0. The Labute approximate surface area is 101 Å². The summed E-state index contributed by atoms with van der Waals surface area (Å²) in [6.07, 6.45) is 0. The highest BCUT2D eigenvalue weighted by molar-refractivity contribution is 6.04. The van der Waals surface area contributed by atoms with Crippen LogP contribution in [-0.2, 0) is 20.2 Å². The van der Waals surface area contributed by atoms with Crippen LogP contribution in [0.15, 0.2) is 24.3 Å². The summed E-state index contributed by atoms with van der Waals surface area (Å²) < 4.78 is 0. The third-order valence-electron chi connectivity index (χ3n) is 2.58. The summed E-state index contributed by atoms with van der Waals surface area (Å²) in [5.41, 5.74) is 0.0387. The van der Waals surface area contributed by atoms with E-state index < -0.39 is 11.2 Å². The number of amides is 1. The van der Waals surface area contributed by atoms with Gasteiger partial charge in [-0.3, -0.25) is 4.79 Å². The van der Waals surface area contributed by atoms with E-state index in [1.54, 1.807) is 6.92 Å². The first kappa shape index (κ1) is 12.1. The molecular formula is C13H17NO3. The van der Waals surface area contributed by atoms with Gasteiger partial charge in [-0.15, -0.1) is 0 Å². The molecule has 0 aromatic heterocycles. The van der Waals surface area contributed by atoms with Crippen LogP contribution in [0.1, 0.15) is 33.3 Å². The van der Waals surface area contributed by atoms with Gasteiger partial charge in [0.2, 0.25) is 5.60 Å². The lowest BCUT2D eigenvalue weighted by atomic mass is 9.98. The maximum atomic E-state index is 12.0. The van der Waals surface area contributed by atoms with E-state index in [2.05, 4.69) is 5.32 Å². The van der Waals surface area contributed by atoms with Gasteiger partial charge in [-0.25, -0.2) is 9.78 Å². The Bertz CT molecular complexity index is 450. The minimum atomic E-state index is -1.08. The van der Waals surface area contributed by atoms with Crippen molar-refractivity contribution >= 4 is 11.6 Å². The Balaban J connectivity index is 2.28. The second-order valence-corrected chi connectivity index (χ2v) is 5.31. The van der Waals surface area contributed by atoms with Crippen LogP contribution in [0.5, 0.6) is 0 Å². The van der Waals surface area contributed by atoms with Crippen molar-refractivity contribution in [1.82, 2.24) is 0 Å². The largest absolute Gasteiger partial charge is 0.323 e. The summed E-state index contributed by atoms with van der Waals surface area (Å²) in [4.78, 5) is 22.6. The number of anilines is 1. The van der Waals surface area contributed by atoms with E-state index in [4.69, 9.17) is 9.78 Å². The van der Waals surface area contributed by atoms with Crippen LogP contribution in [0.2, 0.25) is 0 Å². The molecule has 4 nitrogen and oxygen atoms in total. The first-order valence-electron chi connectivity index (χ1n) is 5.61. The zero-order valence-corrected chi connectivity index (χ0v) is 10.5. The monoisotopic (exact) mass is 235 g/mol. The highest BCUT2D eigenvalue weighted by atomic mass is 17.2. The molecule has 1 heterocycles. The van der Waals surface area contributed by atoms with E-state index in [9.17, 15) is 4.79 Å². The van der Waals surface area contributed by atoms with E-state index in [1.807, 2.05) is 45.0 Å². The van der Waals surface area contributed by atoms with Crippen LogP contribution in [0, 0.1) is 0 Å². The number of rotatable bonds is 2. The van der Waals surface area contributed by atoms with Gasteiger partial charge < -0.3 is 5.32 Å². The summed E-state index contributed by atoms with van der Waals surface area (Å²) in [6, 6.07) is 7.45. The van der Waals surface area contributed by atoms with Gasteiger partial charge in [0, 0.05) is 11.3 Å². The molecule has 92 valence electrons. The van der Waals surface area contributed by atoms with Gasteiger partial charge in [-0.1, -0.05) is 18.2 Å². The Hall–Kier alpha value is -1.39. The fourth-order valence-electron chi connectivity index (χ4n) is 1.66. The van der Waals surface area contributed by atoms with E-state index in [0.717, 1.165) is 11.3 Å². The van der Waals surface area contributed by atoms with Crippen LogP contribution < -0.4 is 5.32 Å². The quantitative estimate of drug-likeness (QED) is 0.633. The predicted molar refractivity (Wildman–Crippen MR) is 64.3 cm³/mol. The van der Waals surface area contributed by atoms with Gasteiger partial charge in [-0.2, -0.15) is 0 Å². The minimum absolute atomic E-state index is 0.206. The molecule has 1 unspecified atom stereocenters. The summed E-state index contributed by atoms with van der Waals surface area (Å²) in [5.74, 6) is -0.206. The van der Waals surface area contributed by atoms with E-state index >= 15 is 0 Å². The molecule has 1 aliphatic heterocycles. The lowest BCUT2D eigenvalue weighted by molar-refractivity contribution is -0.393. The highest BCUT2D eigenvalue weighted by Crippen LogP contribution is 2.39. The van der Waals surface area contributed by atoms with Crippen LogP contribution in [0.3, 0.4) is 0 Å². The minimum Gasteiger partial charge on any atom is -0.323 e. The zero-order chi connectivity index (χ0) is 12.7. The number of fused-ring (bicyclic) bond motifs is 1. The molecule has 0 aliphatic carbocycles. The molecule has 2 rings (SSSR count). The summed E-state index contributed by atoms with van der Waals surface area (Å²) >= 11 is 0. The lowest BCUT2D eigenvalue weighted by Crippen LogP contribution is -2.37. The molecule has 1 aromatic carbocycles. The first-order valence-corrected chi connectivity index (χ1v) is 5.61. The molecule has 1 atom stereocenters. The Morgan fingerprint density at radius 2 is 1.88 bits per heavy atom. The van der Waals surface area contributed by atoms with Gasteiger partial charge in [0.25, 0.3) is 5.91 Å². The summed E-state index contributed by atoms with van der Waals surface area (Å²) in [7, 11) is 0. The zero-order valence-electron chi connectivity index (χ0n) is 10.5. The van der Waals surface area contributed by atoms with E-state index in [-0.39, 0.29) is 5.91 Å². The Morgan fingerprint density at radius 1 is 1.24 bits per heavy atom. The first-order chi connectivity index (χ1) is 7.83. The number of hydrogen-bond acceptors (Lipinski definition) is 3. The van der Waals surface area contributed by atoms with Gasteiger partial charge in [0.15, 0.2) is 0 Å². The Kier molecular flexibility index (Phi) is 2.72. The van der Waals surface area contributed by atoms with E-state index in [1.165, 1.54) is 0 Å². The van der Waals surface area contributed by atoms with E-state index in [0.29, 0.717) is 0 Å². The molecule has 1 aromatic rings. The van der Waals surface area contributed by atoms with Crippen LogP contribution in [0.25, 0.3) is 0 Å². The number of para-hydroxylation sites is 1. The van der Waals surface area contributed by atoms with Crippen molar-refractivity contribution in [3.63, 3.8) is 0 Å². The molecule has 0 spiro atoms. The molecule has 0 saturated carbocycles. The molecule has 0 saturated heterocycles. The normalized spacial score (nSPS) is 23.4. The molecule has 1 N–H and O–H groups in total. The van der Waals surface area contributed by atoms with Crippen molar-refractivity contribution in [2.75, 3.05) is 5.32 Å². The molecule has 4 heteroatoms. The van der Waals surface area contributed by atoms with Crippen molar-refractivity contribution in [2.24, 2.45) is 0 Å². The molecule has 0 bridgehead atoms. The standard InChI is InChI=1S/C13H17NO3/c1-12(2,3)16-17-13(4)9-7-5-6-8-10(9)14-11(13)15/h5-8H,1-4H3,(H,14,15). The average Bonchev–Trinajstić information content (AvgIpc) is 2.49. The van der Waals surface area contributed by atoms with Crippen LogP contribution in [-0.4, -0.2) is 11.5 Å². The number of nitrogens with one attached hydrogen (secondary N) is 1. The molecule has 0 fully saturated rings. The van der Waals surface area contributed by atoms with Gasteiger partial charge in [-0.05, 0) is 33.8 Å². The number of benzene rings is 1. The Morgan fingerprint density at radius 3 is 2.53 bits per heavy atom. The van der Waals surface area contributed by atoms with Crippen molar-refractivity contribution in [2.45, 2.75) is 38.9 Å². The molecule has 1 amide bonds. The van der Waals surface area contributed by atoms with Crippen molar-refractivity contribution in [3.8, 4) is 0 Å². The average molecular weight is 235 g/mol. The summed E-state index contributed by atoms with van der Waals surface area (Å²) in [5, 5.41) is 2.78. The lowest BCUT2D eigenvalue weighted by Gasteiger charge is -2.26. The van der Waals surface area contributed by atoms with Crippen LogP contribution in [0.4, 0.5) is 5.69 Å². The molecule has 0 radical (unpaired) electrons. The number of hydrogen-bond donors (Lipinski definition) is 1. The molecule has 17 heavy (non-hydrogen) atoms. The van der Waals surface area contributed by atoms with Gasteiger partial charge in [0.05, 0.1) is 5.60 Å². The highest BCUT2D eigenvalue weighted by Gasteiger charge is 2.45. The summed E-state index contributed by atoms with van der Waals surface area (Å²) in [6.45, 7) is 7.32. The molecular weight excluding hydrogens is 218 g/mol. The SMILES string of the molecule is CC(C)(C)OOC1(C)C(=O)Nc2ccccc21.